The Hall–Kier alpha value is -8.20. The number of benzene rings is 10. The van der Waals surface area contributed by atoms with Crippen LogP contribution in [0, 0.1) is 0 Å². The normalized spacial score (nSPS) is 11.2. The Labute approximate surface area is 362 Å². The summed E-state index contributed by atoms with van der Waals surface area (Å²) >= 11 is 0. The van der Waals surface area contributed by atoms with E-state index in [4.69, 9.17) is 0 Å². The van der Waals surface area contributed by atoms with Crippen LogP contribution in [0.1, 0.15) is 0 Å². The Kier molecular flexibility index (Phi) is 9.57. The van der Waals surface area contributed by atoms with Gasteiger partial charge in [-0.3, -0.25) is 0 Å². The first kappa shape index (κ1) is 36.8. The molecule has 0 spiro atoms. The van der Waals surface area contributed by atoms with Crippen LogP contribution < -0.4 is 4.90 Å². The van der Waals surface area contributed by atoms with Gasteiger partial charge in [0.15, 0.2) is 0 Å². The average Bonchev–Trinajstić information content (AvgIpc) is 3.70. The summed E-state index contributed by atoms with van der Waals surface area (Å²) in [4.78, 5) is 2.51. The van der Waals surface area contributed by atoms with Gasteiger partial charge in [-0.2, -0.15) is 0 Å². The maximum atomic E-state index is 2.51. The second-order valence-corrected chi connectivity index (χ2v) is 15.6. The molecule has 0 saturated carbocycles. The van der Waals surface area contributed by atoms with Crippen molar-refractivity contribution in [3.8, 4) is 61.3 Å². The summed E-state index contributed by atoms with van der Waals surface area (Å²) in [6.07, 6.45) is 0. The summed E-state index contributed by atoms with van der Waals surface area (Å²) in [5.74, 6) is 0. The topological polar surface area (TPSA) is 8.17 Å². The van der Waals surface area contributed by atoms with Gasteiger partial charge >= 0.3 is 0 Å². The molecular formula is C60H42N2. The lowest BCUT2D eigenvalue weighted by Crippen LogP contribution is -2.13. The van der Waals surface area contributed by atoms with Crippen LogP contribution in [-0.4, -0.2) is 4.57 Å². The van der Waals surface area contributed by atoms with Crippen LogP contribution in [0.25, 0.3) is 83.1 Å². The minimum absolute atomic E-state index is 1.10. The molecule has 292 valence electrons. The first-order chi connectivity index (χ1) is 30.8. The zero-order valence-electron chi connectivity index (χ0n) is 34.1. The van der Waals surface area contributed by atoms with Gasteiger partial charge in [-0.25, -0.2) is 0 Å². The zero-order chi connectivity index (χ0) is 41.2. The van der Waals surface area contributed by atoms with Crippen molar-refractivity contribution in [2.45, 2.75) is 0 Å². The van der Waals surface area contributed by atoms with Crippen molar-refractivity contribution in [1.29, 1.82) is 0 Å². The van der Waals surface area contributed by atoms with E-state index in [1.165, 1.54) is 49.7 Å². The van der Waals surface area contributed by atoms with Crippen LogP contribution in [0.4, 0.5) is 17.1 Å². The third-order valence-electron chi connectivity index (χ3n) is 12.0. The van der Waals surface area contributed by atoms with Crippen molar-refractivity contribution in [2.24, 2.45) is 0 Å². The van der Waals surface area contributed by atoms with Crippen molar-refractivity contribution < 1.29 is 0 Å². The highest BCUT2D eigenvalue weighted by Crippen LogP contribution is 2.50. The lowest BCUT2D eigenvalue weighted by molar-refractivity contribution is 1.18. The van der Waals surface area contributed by atoms with Gasteiger partial charge in [0.05, 0.1) is 33.8 Å². The molecule has 1 aromatic heterocycles. The number of hydrogen-bond acceptors (Lipinski definition) is 1. The van der Waals surface area contributed by atoms with Gasteiger partial charge in [0, 0.05) is 27.5 Å². The fourth-order valence-electron chi connectivity index (χ4n) is 9.33. The Balaban J connectivity index is 1.21. The number of anilines is 3. The fourth-order valence-corrected chi connectivity index (χ4v) is 9.33. The van der Waals surface area contributed by atoms with E-state index in [2.05, 4.69) is 264 Å². The smallest absolute Gasteiger partial charge is 0.0562 e. The third kappa shape index (κ3) is 6.46. The highest BCUT2D eigenvalue weighted by Gasteiger charge is 2.26. The Bertz CT molecular complexity index is 3350. The molecule has 1 heterocycles. The summed E-state index contributed by atoms with van der Waals surface area (Å²) in [7, 11) is 0. The SMILES string of the molecule is c1ccc(-c2ccccc2-c2ccccc2N(c2ccccc2-c2ccccc2)c2cccc3c2c2ccccc2n3-c2ccccc2-c2ccccc2-c2ccccc2)cc1. The summed E-state index contributed by atoms with van der Waals surface area (Å²) in [5.41, 5.74) is 18.5. The molecule has 0 fully saturated rings. The molecule has 0 aliphatic rings. The maximum absolute atomic E-state index is 2.51. The lowest BCUT2D eigenvalue weighted by Gasteiger charge is -2.31. The van der Waals surface area contributed by atoms with E-state index < -0.39 is 0 Å². The Morgan fingerprint density at radius 2 is 0.629 bits per heavy atom. The van der Waals surface area contributed by atoms with Crippen LogP contribution >= 0.6 is 0 Å². The number of rotatable bonds is 9. The maximum Gasteiger partial charge on any atom is 0.0562 e. The predicted molar refractivity (Wildman–Crippen MR) is 263 cm³/mol. The van der Waals surface area contributed by atoms with Gasteiger partial charge in [0.25, 0.3) is 0 Å². The van der Waals surface area contributed by atoms with Crippen molar-refractivity contribution in [3.63, 3.8) is 0 Å². The van der Waals surface area contributed by atoms with E-state index in [1.54, 1.807) is 0 Å². The van der Waals surface area contributed by atoms with E-state index in [-0.39, 0.29) is 0 Å². The Morgan fingerprint density at radius 1 is 0.242 bits per heavy atom. The molecule has 0 radical (unpaired) electrons. The molecule has 0 bridgehead atoms. The highest BCUT2D eigenvalue weighted by atomic mass is 15.2. The fraction of sp³-hybridized carbons (Fsp3) is 0. The van der Waals surface area contributed by atoms with Gasteiger partial charge in [0.1, 0.15) is 0 Å². The van der Waals surface area contributed by atoms with Gasteiger partial charge in [-0.15, -0.1) is 0 Å². The van der Waals surface area contributed by atoms with Crippen molar-refractivity contribution >= 4 is 38.9 Å². The van der Waals surface area contributed by atoms with Crippen LogP contribution in [0.15, 0.2) is 255 Å². The molecule has 0 unspecified atom stereocenters. The van der Waals surface area contributed by atoms with Crippen molar-refractivity contribution in [2.75, 3.05) is 4.90 Å². The third-order valence-corrected chi connectivity index (χ3v) is 12.0. The number of para-hydroxylation sites is 4. The second kappa shape index (κ2) is 16.1. The quantitative estimate of drug-likeness (QED) is 0.141. The molecule has 11 aromatic rings. The molecule has 0 aliphatic heterocycles. The van der Waals surface area contributed by atoms with Crippen LogP contribution in [0.5, 0.6) is 0 Å². The summed E-state index contributed by atoms with van der Waals surface area (Å²) in [5, 5.41) is 2.37. The number of aromatic nitrogens is 1. The molecule has 62 heavy (non-hydrogen) atoms. The monoisotopic (exact) mass is 790 g/mol. The minimum atomic E-state index is 1.10. The van der Waals surface area contributed by atoms with E-state index in [9.17, 15) is 0 Å². The summed E-state index contributed by atoms with van der Waals surface area (Å²) in [6.45, 7) is 0. The first-order valence-corrected chi connectivity index (χ1v) is 21.3. The lowest BCUT2D eigenvalue weighted by atomic mass is 9.92. The molecule has 10 aromatic carbocycles. The number of fused-ring (bicyclic) bond motifs is 3. The molecule has 2 nitrogen and oxygen atoms in total. The first-order valence-electron chi connectivity index (χ1n) is 21.3. The van der Waals surface area contributed by atoms with E-state index in [0.29, 0.717) is 0 Å². The van der Waals surface area contributed by atoms with Crippen molar-refractivity contribution in [1.82, 2.24) is 4.57 Å². The second-order valence-electron chi connectivity index (χ2n) is 15.6. The average molecular weight is 791 g/mol. The Morgan fingerprint density at radius 3 is 1.24 bits per heavy atom. The predicted octanol–water partition coefficient (Wildman–Crippen LogP) is 16.6. The van der Waals surface area contributed by atoms with E-state index in [1.807, 2.05) is 0 Å². The molecule has 0 amide bonds. The van der Waals surface area contributed by atoms with Crippen LogP contribution in [0.2, 0.25) is 0 Å². The molecule has 0 atom stereocenters. The van der Waals surface area contributed by atoms with Gasteiger partial charge in [-0.05, 0) is 75.3 Å². The molecule has 0 N–H and O–H groups in total. The highest BCUT2D eigenvalue weighted by molar-refractivity contribution is 6.18. The summed E-state index contributed by atoms with van der Waals surface area (Å²) < 4.78 is 2.48. The molecule has 2 heteroatoms. The number of hydrogen-bond donors (Lipinski definition) is 0. The van der Waals surface area contributed by atoms with E-state index in [0.717, 1.165) is 50.5 Å². The standard InChI is InChI=1S/C60H42N2/c1-4-23-43(24-5-1)46-29-10-12-32-49(46)51-34-15-19-38-55(51)61(54-37-18-14-31-48(54)45-27-8-3-9-28-45)58-41-22-42-59-60(58)53-36-17-21-40-57(53)62(59)56-39-20-16-35-52(56)50-33-13-11-30-47(50)44-25-6-2-7-26-44/h1-42H. The van der Waals surface area contributed by atoms with Crippen molar-refractivity contribution in [3.05, 3.63) is 255 Å². The minimum Gasteiger partial charge on any atom is -0.309 e. The molecule has 0 saturated heterocycles. The van der Waals surface area contributed by atoms with Crippen LogP contribution in [-0.2, 0) is 0 Å². The number of nitrogens with zero attached hydrogens (tertiary/aromatic N) is 2. The largest absolute Gasteiger partial charge is 0.309 e. The molecular weight excluding hydrogens is 749 g/mol. The van der Waals surface area contributed by atoms with Gasteiger partial charge in [0.2, 0.25) is 0 Å². The summed E-state index contributed by atoms with van der Waals surface area (Å²) in [6, 6.07) is 92.1. The molecule has 11 rings (SSSR count). The van der Waals surface area contributed by atoms with Gasteiger partial charge in [-0.1, -0.05) is 218 Å². The van der Waals surface area contributed by atoms with Crippen LogP contribution in [0.3, 0.4) is 0 Å². The zero-order valence-corrected chi connectivity index (χ0v) is 34.1. The van der Waals surface area contributed by atoms with E-state index >= 15 is 0 Å². The molecule has 0 aliphatic carbocycles. The van der Waals surface area contributed by atoms with Gasteiger partial charge < -0.3 is 9.47 Å².